The fraction of sp³-hybridized carbons (Fsp3) is 0.562. The Morgan fingerprint density at radius 1 is 1.35 bits per heavy atom. The molecule has 106 valence electrons. The first-order valence-corrected chi connectivity index (χ1v) is 7.34. The molecular formula is C16H20FN3. The van der Waals surface area contributed by atoms with Crippen molar-refractivity contribution in [3.8, 4) is 6.07 Å². The maximum Gasteiger partial charge on any atom is 0.127 e. The maximum absolute atomic E-state index is 13.8. The Labute approximate surface area is 119 Å². The summed E-state index contributed by atoms with van der Waals surface area (Å²) in [5.41, 5.74) is 7.35. The van der Waals surface area contributed by atoms with E-state index in [4.69, 9.17) is 11.0 Å². The van der Waals surface area contributed by atoms with Gasteiger partial charge in [0, 0.05) is 31.2 Å². The number of halogens is 1. The summed E-state index contributed by atoms with van der Waals surface area (Å²) in [5.74, 6) is 1.01. The highest BCUT2D eigenvalue weighted by Gasteiger charge is 2.38. The van der Waals surface area contributed by atoms with Crippen LogP contribution in [0.15, 0.2) is 18.2 Å². The monoisotopic (exact) mass is 273 g/mol. The molecule has 2 aliphatic rings. The van der Waals surface area contributed by atoms with E-state index in [0.29, 0.717) is 35.5 Å². The van der Waals surface area contributed by atoms with Crippen molar-refractivity contribution in [1.29, 1.82) is 5.26 Å². The molecule has 3 atom stereocenters. The zero-order chi connectivity index (χ0) is 14.1. The second-order valence-corrected chi connectivity index (χ2v) is 6.13. The lowest BCUT2D eigenvalue weighted by Crippen LogP contribution is -2.38. The number of likely N-dealkylation sites (tertiary alicyclic amines) is 1. The smallest absolute Gasteiger partial charge is 0.127 e. The molecule has 1 heterocycles. The predicted molar refractivity (Wildman–Crippen MR) is 75.2 cm³/mol. The topological polar surface area (TPSA) is 53.0 Å². The van der Waals surface area contributed by atoms with Crippen molar-refractivity contribution in [1.82, 2.24) is 4.90 Å². The number of nitrogens with two attached hydrogens (primary N) is 1. The summed E-state index contributed by atoms with van der Waals surface area (Å²) in [5, 5.41) is 8.91. The molecule has 0 aromatic heterocycles. The van der Waals surface area contributed by atoms with Gasteiger partial charge in [0.2, 0.25) is 0 Å². The molecule has 20 heavy (non-hydrogen) atoms. The van der Waals surface area contributed by atoms with E-state index in [0.717, 1.165) is 19.5 Å². The summed E-state index contributed by atoms with van der Waals surface area (Å²) in [4.78, 5) is 2.29. The fourth-order valence-electron chi connectivity index (χ4n) is 3.74. The molecule has 1 saturated heterocycles. The van der Waals surface area contributed by atoms with E-state index in [9.17, 15) is 4.39 Å². The summed E-state index contributed by atoms with van der Waals surface area (Å²) in [7, 11) is 0. The van der Waals surface area contributed by atoms with Crippen molar-refractivity contribution < 1.29 is 4.39 Å². The average Bonchev–Trinajstić information content (AvgIpc) is 2.85. The van der Waals surface area contributed by atoms with Crippen molar-refractivity contribution in [2.45, 2.75) is 31.8 Å². The van der Waals surface area contributed by atoms with Crippen LogP contribution in [0.4, 0.5) is 4.39 Å². The zero-order valence-corrected chi connectivity index (χ0v) is 11.6. The fourth-order valence-corrected chi connectivity index (χ4v) is 3.74. The molecule has 3 nitrogen and oxygen atoms in total. The van der Waals surface area contributed by atoms with Crippen LogP contribution in [0.5, 0.6) is 0 Å². The van der Waals surface area contributed by atoms with Crippen LogP contribution in [-0.2, 0) is 6.54 Å². The van der Waals surface area contributed by atoms with Crippen molar-refractivity contribution in [3.05, 3.63) is 35.1 Å². The largest absolute Gasteiger partial charge is 0.327 e. The van der Waals surface area contributed by atoms with Gasteiger partial charge in [-0.05, 0) is 42.9 Å². The number of fused-ring (bicyclic) bond motifs is 1. The Bertz CT molecular complexity index is 537. The number of hydrogen-bond acceptors (Lipinski definition) is 3. The zero-order valence-electron chi connectivity index (χ0n) is 11.6. The van der Waals surface area contributed by atoms with Gasteiger partial charge in [-0.2, -0.15) is 5.26 Å². The van der Waals surface area contributed by atoms with Crippen LogP contribution in [0.25, 0.3) is 0 Å². The standard InChI is InChI=1S/C16H20FN3/c17-15-5-4-11(7-18)6-13(15)9-20-8-12-2-1-3-16(19)14(12)10-20/h4-6,12,14,16H,1-3,8-10,19H2. The van der Waals surface area contributed by atoms with Gasteiger partial charge in [-0.1, -0.05) is 6.42 Å². The molecule has 3 rings (SSSR count). The molecule has 1 aliphatic carbocycles. The molecule has 0 amide bonds. The van der Waals surface area contributed by atoms with E-state index in [1.807, 2.05) is 0 Å². The first-order chi connectivity index (χ1) is 9.67. The van der Waals surface area contributed by atoms with Gasteiger partial charge in [0.15, 0.2) is 0 Å². The average molecular weight is 273 g/mol. The number of hydrogen-bond donors (Lipinski definition) is 1. The van der Waals surface area contributed by atoms with E-state index in [-0.39, 0.29) is 5.82 Å². The molecule has 0 bridgehead atoms. The molecular weight excluding hydrogens is 253 g/mol. The molecule has 0 spiro atoms. The Morgan fingerprint density at radius 2 is 2.20 bits per heavy atom. The van der Waals surface area contributed by atoms with E-state index in [2.05, 4.69) is 11.0 Å². The molecule has 0 radical (unpaired) electrons. The number of nitrogens with zero attached hydrogens (tertiary/aromatic N) is 2. The molecule has 1 aliphatic heterocycles. The second kappa shape index (κ2) is 5.51. The van der Waals surface area contributed by atoms with Gasteiger partial charge in [-0.3, -0.25) is 4.90 Å². The van der Waals surface area contributed by atoms with Crippen molar-refractivity contribution in [2.24, 2.45) is 17.6 Å². The molecule has 1 saturated carbocycles. The minimum Gasteiger partial charge on any atom is -0.327 e. The van der Waals surface area contributed by atoms with Crippen LogP contribution in [0, 0.1) is 29.0 Å². The van der Waals surface area contributed by atoms with Crippen LogP contribution >= 0.6 is 0 Å². The third-order valence-corrected chi connectivity index (χ3v) is 4.80. The lowest BCUT2D eigenvalue weighted by atomic mass is 9.78. The Kier molecular flexibility index (Phi) is 3.73. The van der Waals surface area contributed by atoms with Crippen LogP contribution < -0.4 is 5.73 Å². The SMILES string of the molecule is N#Cc1ccc(F)c(CN2CC3CCCC(N)C3C2)c1. The van der Waals surface area contributed by atoms with E-state index < -0.39 is 0 Å². The molecule has 3 unspecified atom stereocenters. The molecule has 4 heteroatoms. The Morgan fingerprint density at radius 3 is 2.95 bits per heavy atom. The van der Waals surface area contributed by atoms with Crippen LogP contribution in [0.1, 0.15) is 30.4 Å². The molecule has 2 N–H and O–H groups in total. The maximum atomic E-state index is 13.8. The van der Waals surface area contributed by atoms with Gasteiger partial charge >= 0.3 is 0 Å². The highest BCUT2D eigenvalue weighted by molar-refractivity contribution is 5.33. The van der Waals surface area contributed by atoms with Gasteiger partial charge in [0.25, 0.3) is 0 Å². The van der Waals surface area contributed by atoms with E-state index in [1.54, 1.807) is 6.07 Å². The molecule has 2 fully saturated rings. The summed E-state index contributed by atoms with van der Waals surface area (Å²) in [6.45, 7) is 2.55. The summed E-state index contributed by atoms with van der Waals surface area (Å²) in [6, 6.07) is 6.95. The van der Waals surface area contributed by atoms with Gasteiger partial charge in [-0.25, -0.2) is 4.39 Å². The molecule has 1 aromatic rings. The highest BCUT2D eigenvalue weighted by Crippen LogP contribution is 2.36. The van der Waals surface area contributed by atoms with Gasteiger partial charge in [-0.15, -0.1) is 0 Å². The van der Waals surface area contributed by atoms with E-state index >= 15 is 0 Å². The third-order valence-electron chi connectivity index (χ3n) is 4.80. The predicted octanol–water partition coefficient (Wildman–Crippen LogP) is 2.26. The first-order valence-electron chi connectivity index (χ1n) is 7.34. The first kappa shape index (κ1) is 13.5. The number of benzene rings is 1. The van der Waals surface area contributed by atoms with Crippen LogP contribution in [0.2, 0.25) is 0 Å². The summed E-state index contributed by atoms with van der Waals surface area (Å²) >= 11 is 0. The van der Waals surface area contributed by atoms with Crippen molar-refractivity contribution in [2.75, 3.05) is 13.1 Å². The molecule has 1 aromatic carbocycles. The number of rotatable bonds is 2. The minimum absolute atomic E-state index is 0.219. The van der Waals surface area contributed by atoms with Gasteiger partial charge < -0.3 is 5.73 Å². The highest BCUT2D eigenvalue weighted by atomic mass is 19.1. The second-order valence-electron chi connectivity index (χ2n) is 6.13. The summed E-state index contributed by atoms with van der Waals surface area (Å²) < 4.78 is 13.8. The third kappa shape index (κ3) is 2.56. The van der Waals surface area contributed by atoms with E-state index in [1.165, 1.54) is 25.0 Å². The minimum atomic E-state index is -0.219. The number of nitriles is 1. The van der Waals surface area contributed by atoms with Crippen molar-refractivity contribution in [3.63, 3.8) is 0 Å². The quantitative estimate of drug-likeness (QED) is 0.899. The summed E-state index contributed by atoms with van der Waals surface area (Å²) in [6.07, 6.45) is 3.58. The Hall–Kier alpha value is -1.44. The Balaban J connectivity index is 1.72. The van der Waals surface area contributed by atoms with Gasteiger partial charge in [0.1, 0.15) is 5.82 Å². The normalized spacial score (nSPS) is 29.9. The van der Waals surface area contributed by atoms with Crippen LogP contribution in [-0.4, -0.2) is 24.0 Å². The lowest BCUT2D eigenvalue weighted by molar-refractivity contribution is 0.259. The van der Waals surface area contributed by atoms with Gasteiger partial charge in [0.05, 0.1) is 11.6 Å². The van der Waals surface area contributed by atoms with Crippen LogP contribution in [0.3, 0.4) is 0 Å². The van der Waals surface area contributed by atoms with Crippen molar-refractivity contribution >= 4 is 0 Å². The lowest BCUT2D eigenvalue weighted by Gasteiger charge is -2.29.